The van der Waals surface area contributed by atoms with Gasteiger partial charge >= 0.3 is 6.18 Å². The number of fused-ring (bicyclic) bond motifs is 3. The smallest absolute Gasteiger partial charge is 0.377 e. The van der Waals surface area contributed by atoms with Crippen LogP contribution in [0.3, 0.4) is 0 Å². The fourth-order valence-electron chi connectivity index (χ4n) is 5.12. The third-order valence-electron chi connectivity index (χ3n) is 6.84. The second-order valence-electron chi connectivity index (χ2n) is 8.94. The quantitative estimate of drug-likeness (QED) is 0.581. The first-order valence-electron chi connectivity index (χ1n) is 11.2. The highest BCUT2D eigenvalue weighted by molar-refractivity contribution is 5.94. The van der Waals surface area contributed by atoms with Crippen LogP contribution in [0.1, 0.15) is 48.2 Å². The van der Waals surface area contributed by atoms with E-state index in [1.54, 1.807) is 6.07 Å². The minimum atomic E-state index is -4.39. The lowest BCUT2D eigenvalue weighted by Crippen LogP contribution is -2.46. The molecule has 3 atom stereocenters. The van der Waals surface area contributed by atoms with Gasteiger partial charge in [-0.05, 0) is 56.9 Å². The summed E-state index contributed by atoms with van der Waals surface area (Å²) in [5.41, 5.74) is 0.910. The highest BCUT2D eigenvalue weighted by atomic mass is 19.4. The zero-order valence-corrected chi connectivity index (χ0v) is 18.8. The Hall–Kier alpha value is -2.94. The predicted octanol–water partition coefficient (Wildman–Crippen LogP) is 5.20. The standard InChI is InChI=1S/C24H26F3N5O/c1-13-18(5-4-6-21(13)24(25,26)27)14(2)29-23-19-9-22(28-10-20(19)15(3)30-31-23)32-16-7-8-17(32)12-33-11-16/h4-6,9-10,14,16-17H,7-8,11-12H2,1-3H3,(H,29,31)/t14-,16?,17?/m1/s1. The van der Waals surface area contributed by atoms with Crippen LogP contribution in [0, 0.1) is 13.8 Å². The van der Waals surface area contributed by atoms with E-state index < -0.39 is 17.8 Å². The van der Waals surface area contributed by atoms with Crippen molar-refractivity contribution >= 4 is 22.4 Å². The molecular weight excluding hydrogens is 431 g/mol. The number of ether oxygens (including phenoxy) is 1. The SMILES string of the molecule is Cc1c([C@@H](C)Nc2nnc(C)c3cnc(N4C5CCC4COC5)cc23)cccc1C(F)(F)F. The largest absolute Gasteiger partial charge is 0.416 e. The summed E-state index contributed by atoms with van der Waals surface area (Å²) in [4.78, 5) is 7.05. The molecule has 2 aromatic heterocycles. The van der Waals surface area contributed by atoms with Gasteiger partial charge in [-0.25, -0.2) is 4.98 Å². The van der Waals surface area contributed by atoms with Crippen molar-refractivity contribution in [2.75, 3.05) is 23.4 Å². The normalized spacial score (nSPS) is 21.5. The second-order valence-corrected chi connectivity index (χ2v) is 8.94. The Morgan fingerprint density at radius 2 is 1.82 bits per heavy atom. The van der Waals surface area contributed by atoms with Gasteiger partial charge in [-0.2, -0.15) is 18.3 Å². The number of benzene rings is 1. The van der Waals surface area contributed by atoms with Crippen molar-refractivity contribution in [1.82, 2.24) is 15.2 Å². The van der Waals surface area contributed by atoms with Crippen LogP contribution in [0.15, 0.2) is 30.5 Å². The van der Waals surface area contributed by atoms with Gasteiger partial charge in [-0.15, -0.1) is 5.10 Å². The number of halogens is 3. The maximum absolute atomic E-state index is 13.4. The van der Waals surface area contributed by atoms with Crippen molar-refractivity contribution in [2.45, 2.75) is 57.9 Å². The van der Waals surface area contributed by atoms with Crippen LogP contribution in [0.4, 0.5) is 24.8 Å². The zero-order chi connectivity index (χ0) is 23.3. The number of hydrogen-bond donors (Lipinski definition) is 1. The molecule has 3 aromatic rings. The fourth-order valence-corrected chi connectivity index (χ4v) is 5.12. The predicted molar refractivity (Wildman–Crippen MR) is 120 cm³/mol. The monoisotopic (exact) mass is 457 g/mol. The van der Waals surface area contributed by atoms with Crippen LogP contribution in [0.5, 0.6) is 0 Å². The number of morpholine rings is 1. The van der Waals surface area contributed by atoms with E-state index in [1.807, 2.05) is 26.1 Å². The van der Waals surface area contributed by atoms with E-state index in [2.05, 4.69) is 20.4 Å². The molecule has 2 fully saturated rings. The molecular formula is C24H26F3N5O. The summed E-state index contributed by atoms with van der Waals surface area (Å²) in [7, 11) is 0. The molecule has 2 unspecified atom stereocenters. The molecule has 1 aromatic carbocycles. The molecule has 33 heavy (non-hydrogen) atoms. The number of pyridine rings is 1. The van der Waals surface area contributed by atoms with Gasteiger partial charge in [-0.3, -0.25) is 0 Å². The Kier molecular flexibility index (Phi) is 5.39. The molecule has 1 N–H and O–H groups in total. The van der Waals surface area contributed by atoms with E-state index in [4.69, 9.17) is 9.72 Å². The molecule has 0 radical (unpaired) electrons. The van der Waals surface area contributed by atoms with Crippen LogP contribution in [0.2, 0.25) is 0 Å². The first-order valence-corrected chi connectivity index (χ1v) is 11.2. The van der Waals surface area contributed by atoms with Crippen LogP contribution in [-0.4, -0.2) is 40.5 Å². The van der Waals surface area contributed by atoms with Gasteiger partial charge in [0.25, 0.3) is 0 Å². The van der Waals surface area contributed by atoms with E-state index in [0.29, 0.717) is 36.7 Å². The Balaban J connectivity index is 1.52. The summed E-state index contributed by atoms with van der Waals surface area (Å²) in [6, 6.07) is 6.51. The molecule has 2 aliphatic heterocycles. The summed E-state index contributed by atoms with van der Waals surface area (Å²) in [6.45, 7) is 6.60. The van der Waals surface area contributed by atoms with Crippen molar-refractivity contribution < 1.29 is 17.9 Å². The second kappa shape index (κ2) is 8.13. The van der Waals surface area contributed by atoms with Gasteiger partial charge in [0.15, 0.2) is 5.82 Å². The number of aromatic nitrogens is 3. The highest BCUT2D eigenvalue weighted by Gasteiger charge is 2.38. The molecule has 6 nitrogen and oxygen atoms in total. The topological polar surface area (TPSA) is 63.2 Å². The Bertz CT molecular complexity index is 1180. The van der Waals surface area contributed by atoms with E-state index in [0.717, 1.165) is 41.2 Å². The maximum atomic E-state index is 13.4. The average molecular weight is 458 g/mol. The molecule has 2 bridgehead atoms. The maximum Gasteiger partial charge on any atom is 0.416 e. The third kappa shape index (κ3) is 3.88. The molecule has 0 amide bonds. The number of anilines is 2. The van der Waals surface area contributed by atoms with Gasteiger partial charge < -0.3 is 15.0 Å². The Labute approximate surface area is 190 Å². The lowest BCUT2D eigenvalue weighted by atomic mass is 9.97. The third-order valence-corrected chi connectivity index (χ3v) is 6.84. The van der Waals surface area contributed by atoms with Gasteiger partial charge in [0.2, 0.25) is 0 Å². The fraction of sp³-hybridized carbons (Fsp3) is 0.458. The molecule has 0 saturated carbocycles. The highest BCUT2D eigenvalue weighted by Crippen LogP contribution is 2.37. The number of nitrogens with one attached hydrogen (secondary N) is 1. The van der Waals surface area contributed by atoms with Crippen molar-refractivity contribution in [3.63, 3.8) is 0 Å². The number of nitrogens with zero attached hydrogens (tertiary/aromatic N) is 4. The number of hydrogen-bond acceptors (Lipinski definition) is 6. The molecule has 9 heteroatoms. The summed E-state index contributed by atoms with van der Waals surface area (Å²) < 4.78 is 45.9. The summed E-state index contributed by atoms with van der Waals surface area (Å²) in [5.74, 6) is 1.40. The van der Waals surface area contributed by atoms with Gasteiger partial charge in [0.1, 0.15) is 5.82 Å². The lowest BCUT2D eigenvalue weighted by molar-refractivity contribution is -0.138. The molecule has 2 aliphatic rings. The van der Waals surface area contributed by atoms with E-state index in [-0.39, 0.29) is 5.56 Å². The first-order chi connectivity index (χ1) is 15.7. The van der Waals surface area contributed by atoms with Gasteiger partial charge in [0, 0.05) is 17.0 Å². The number of alkyl halides is 3. The van der Waals surface area contributed by atoms with Crippen LogP contribution in [-0.2, 0) is 10.9 Å². The van der Waals surface area contributed by atoms with Crippen LogP contribution < -0.4 is 10.2 Å². The number of aryl methyl sites for hydroxylation is 1. The minimum absolute atomic E-state index is 0.210. The van der Waals surface area contributed by atoms with Gasteiger partial charge in [0.05, 0.1) is 42.6 Å². The molecule has 0 aliphatic carbocycles. The Morgan fingerprint density at radius 3 is 2.52 bits per heavy atom. The first kappa shape index (κ1) is 21.9. The van der Waals surface area contributed by atoms with Crippen molar-refractivity contribution in [2.24, 2.45) is 0 Å². The van der Waals surface area contributed by atoms with E-state index in [9.17, 15) is 13.2 Å². The van der Waals surface area contributed by atoms with Gasteiger partial charge in [-0.1, -0.05) is 12.1 Å². The van der Waals surface area contributed by atoms with Crippen LogP contribution in [0.25, 0.3) is 10.8 Å². The average Bonchev–Trinajstić information content (AvgIpc) is 3.03. The molecule has 174 valence electrons. The number of rotatable bonds is 4. The van der Waals surface area contributed by atoms with Crippen molar-refractivity contribution in [3.8, 4) is 0 Å². The molecule has 2 saturated heterocycles. The van der Waals surface area contributed by atoms with Crippen molar-refractivity contribution in [3.05, 3.63) is 52.8 Å². The van der Waals surface area contributed by atoms with E-state index in [1.165, 1.54) is 13.0 Å². The van der Waals surface area contributed by atoms with Crippen molar-refractivity contribution in [1.29, 1.82) is 0 Å². The zero-order valence-electron chi connectivity index (χ0n) is 18.8. The minimum Gasteiger partial charge on any atom is -0.377 e. The summed E-state index contributed by atoms with van der Waals surface area (Å²) in [5, 5.41) is 13.6. The molecule has 0 spiro atoms. The molecule has 5 rings (SSSR count). The lowest BCUT2D eigenvalue weighted by Gasteiger charge is -2.35. The summed E-state index contributed by atoms with van der Waals surface area (Å²) >= 11 is 0. The Morgan fingerprint density at radius 1 is 1.09 bits per heavy atom. The summed E-state index contributed by atoms with van der Waals surface area (Å²) in [6.07, 6.45) is -0.423. The van der Waals surface area contributed by atoms with Crippen LogP contribution >= 0.6 is 0 Å². The molecule has 4 heterocycles. The van der Waals surface area contributed by atoms with E-state index >= 15 is 0 Å².